The molecule has 3 heterocycles. The van der Waals surface area contributed by atoms with Crippen molar-refractivity contribution < 1.29 is 4.79 Å². The van der Waals surface area contributed by atoms with Crippen molar-refractivity contribution in [1.82, 2.24) is 19.9 Å². The first-order chi connectivity index (χ1) is 13.3. The van der Waals surface area contributed by atoms with Gasteiger partial charge in [0, 0.05) is 47.5 Å². The van der Waals surface area contributed by atoms with Gasteiger partial charge in [0.15, 0.2) is 0 Å². The van der Waals surface area contributed by atoms with Crippen LogP contribution in [-0.4, -0.2) is 38.8 Å². The number of hydrogen-bond acceptors (Lipinski definition) is 3. The van der Waals surface area contributed by atoms with Gasteiger partial charge in [-0.15, -0.1) is 0 Å². The molecule has 5 nitrogen and oxygen atoms in total. The predicted molar refractivity (Wildman–Crippen MR) is 105 cm³/mol. The molecule has 5 rings (SSSR count). The number of nitrogens with zero attached hydrogens (tertiary/aromatic N) is 3. The average molecular weight is 360 g/mol. The summed E-state index contributed by atoms with van der Waals surface area (Å²) in [5, 5.41) is 1.28. The Morgan fingerprint density at radius 3 is 2.96 bits per heavy atom. The van der Waals surface area contributed by atoms with E-state index in [1.54, 1.807) is 12.5 Å². The molecule has 138 valence electrons. The van der Waals surface area contributed by atoms with E-state index in [4.69, 9.17) is 0 Å². The van der Waals surface area contributed by atoms with E-state index in [0.29, 0.717) is 5.92 Å². The van der Waals surface area contributed by atoms with Gasteiger partial charge in [0.1, 0.15) is 6.33 Å². The number of H-pyrrole nitrogens is 1. The van der Waals surface area contributed by atoms with Gasteiger partial charge < -0.3 is 9.88 Å². The van der Waals surface area contributed by atoms with Gasteiger partial charge in [0.25, 0.3) is 0 Å². The van der Waals surface area contributed by atoms with E-state index in [0.717, 1.165) is 62.1 Å². The zero-order valence-corrected chi connectivity index (χ0v) is 15.4. The van der Waals surface area contributed by atoms with Crippen LogP contribution in [0.2, 0.25) is 0 Å². The third-order valence-corrected chi connectivity index (χ3v) is 6.17. The van der Waals surface area contributed by atoms with Gasteiger partial charge in [-0.2, -0.15) is 0 Å². The third kappa shape index (κ3) is 2.91. The fourth-order valence-corrected chi connectivity index (χ4v) is 4.84. The van der Waals surface area contributed by atoms with Gasteiger partial charge in [-0.05, 0) is 49.8 Å². The average Bonchev–Trinajstić information content (AvgIpc) is 3.13. The molecule has 1 aromatic carbocycles. The lowest BCUT2D eigenvalue weighted by atomic mass is 9.85. The smallest absolute Gasteiger partial charge is 0.231 e. The highest BCUT2D eigenvalue weighted by atomic mass is 16.2. The van der Waals surface area contributed by atoms with Gasteiger partial charge in [-0.3, -0.25) is 4.79 Å². The second-order valence-electron chi connectivity index (χ2n) is 7.77. The number of aromatic nitrogens is 3. The highest BCUT2D eigenvalue weighted by molar-refractivity contribution is 5.90. The first-order valence-corrected chi connectivity index (χ1v) is 9.95. The summed E-state index contributed by atoms with van der Waals surface area (Å²) in [4.78, 5) is 27.5. The Hall–Kier alpha value is -2.69. The van der Waals surface area contributed by atoms with E-state index >= 15 is 0 Å². The molecule has 0 bridgehead atoms. The number of aromatic amines is 1. The molecule has 1 N–H and O–H groups in total. The lowest BCUT2D eigenvalue weighted by molar-refractivity contribution is -0.134. The van der Waals surface area contributed by atoms with Crippen LogP contribution >= 0.6 is 0 Å². The number of carbonyl (C=O) groups is 1. The minimum atomic E-state index is -0.0368. The van der Waals surface area contributed by atoms with Crippen molar-refractivity contribution in [2.24, 2.45) is 0 Å². The van der Waals surface area contributed by atoms with Crippen LogP contribution in [0.15, 0.2) is 42.9 Å². The summed E-state index contributed by atoms with van der Waals surface area (Å²) in [5.74, 6) is 0.558. The molecule has 0 spiro atoms. The largest absolute Gasteiger partial charge is 0.357 e. The van der Waals surface area contributed by atoms with Crippen molar-refractivity contribution in [1.29, 1.82) is 0 Å². The number of nitrogens with one attached hydrogen (secondary N) is 1. The Labute approximate surface area is 158 Å². The molecule has 1 fully saturated rings. The molecular formula is C22H24N4O. The van der Waals surface area contributed by atoms with Crippen LogP contribution in [0.1, 0.15) is 54.5 Å². The lowest BCUT2D eigenvalue weighted by Gasteiger charge is -2.35. The van der Waals surface area contributed by atoms with Gasteiger partial charge >= 0.3 is 0 Å². The van der Waals surface area contributed by atoms with E-state index < -0.39 is 0 Å². The molecule has 2 aromatic heterocycles. The summed E-state index contributed by atoms with van der Waals surface area (Å²) in [7, 11) is 0. The number of aryl methyl sites for hydroxylation is 1. The maximum Gasteiger partial charge on any atom is 0.231 e. The van der Waals surface area contributed by atoms with Crippen LogP contribution in [0.25, 0.3) is 10.9 Å². The lowest BCUT2D eigenvalue weighted by Crippen LogP contribution is -2.42. The van der Waals surface area contributed by atoms with Crippen molar-refractivity contribution >= 4 is 16.8 Å². The van der Waals surface area contributed by atoms with Crippen LogP contribution in [-0.2, 0) is 11.2 Å². The summed E-state index contributed by atoms with van der Waals surface area (Å²) in [6.45, 7) is 1.62. The van der Waals surface area contributed by atoms with Gasteiger partial charge in [0.2, 0.25) is 5.91 Å². The maximum absolute atomic E-state index is 13.4. The molecule has 27 heavy (non-hydrogen) atoms. The van der Waals surface area contributed by atoms with Crippen LogP contribution < -0.4 is 0 Å². The van der Waals surface area contributed by atoms with E-state index in [2.05, 4.69) is 44.1 Å². The van der Waals surface area contributed by atoms with Crippen LogP contribution in [0.3, 0.4) is 0 Å². The first kappa shape index (κ1) is 16.5. The molecule has 2 atom stereocenters. The molecule has 1 aliphatic heterocycles. The van der Waals surface area contributed by atoms with Crippen molar-refractivity contribution in [3.05, 3.63) is 59.8 Å². The number of benzene rings is 1. The standard InChI is InChI=1S/C22H24N4O/c27-22(26-12-4-5-15(13-26)19-10-11-23-14-24-19)18-8-3-7-17-16-6-1-2-9-20(16)25-21(17)18/h1-2,6,9-11,14-15,18,25H,3-5,7-8,12-13H2/t15-,18+/m1/s1. The summed E-state index contributed by atoms with van der Waals surface area (Å²) >= 11 is 0. The number of piperidine rings is 1. The summed E-state index contributed by atoms with van der Waals surface area (Å²) in [6, 6.07) is 10.4. The Morgan fingerprint density at radius 2 is 2.07 bits per heavy atom. The van der Waals surface area contributed by atoms with Gasteiger partial charge in [-0.25, -0.2) is 9.97 Å². The highest BCUT2D eigenvalue weighted by Crippen LogP contribution is 2.38. The molecule has 5 heteroatoms. The second kappa shape index (κ2) is 6.80. The summed E-state index contributed by atoms with van der Waals surface area (Å²) < 4.78 is 0. The van der Waals surface area contributed by atoms with Crippen molar-refractivity contribution in [2.45, 2.75) is 43.9 Å². The minimum absolute atomic E-state index is 0.0368. The minimum Gasteiger partial charge on any atom is -0.357 e. The van der Waals surface area contributed by atoms with Crippen LogP contribution in [0.4, 0.5) is 0 Å². The normalized spacial score (nSPS) is 22.6. The fourth-order valence-electron chi connectivity index (χ4n) is 4.84. The molecule has 1 amide bonds. The Balaban J connectivity index is 1.42. The van der Waals surface area contributed by atoms with E-state index in [1.165, 1.54) is 10.9 Å². The molecular weight excluding hydrogens is 336 g/mol. The van der Waals surface area contributed by atoms with E-state index in [-0.39, 0.29) is 11.8 Å². The highest BCUT2D eigenvalue weighted by Gasteiger charge is 2.34. The summed E-state index contributed by atoms with van der Waals surface area (Å²) in [5.41, 5.74) is 4.70. The molecule has 1 saturated heterocycles. The second-order valence-corrected chi connectivity index (χ2v) is 7.77. The Bertz CT molecular complexity index is 965. The monoisotopic (exact) mass is 360 g/mol. The SMILES string of the molecule is O=C([C@H]1CCCc2c1[nH]c1ccccc21)N1CCC[C@@H](c2ccncn2)C1. The number of likely N-dealkylation sites (tertiary alicyclic amines) is 1. The third-order valence-electron chi connectivity index (χ3n) is 6.17. The molecule has 0 saturated carbocycles. The van der Waals surface area contributed by atoms with Crippen molar-refractivity contribution in [3.63, 3.8) is 0 Å². The van der Waals surface area contributed by atoms with Gasteiger partial charge in [0.05, 0.1) is 5.92 Å². The molecule has 2 aliphatic rings. The molecule has 0 unspecified atom stereocenters. The Morgan fingerprint density at radius 1 is 1.15 bits per heavy atom. The number of para-hydroxylation sites is 1. The van der Waals surface area contributed by atoms with Crippen molar-refractivity contribution in [3.8, 4) is 0 Å². The topological polar surface area (TPSA) is 61.9 Å². The summed E-state index contributed by atoms with van der Waals surface area (Å²) in [6.07, 6.45) is 8.60. The molecule has 3 aromatic rings. The van der Waals surface area contributed by atoms with Crippen LogP contribution in [0.5, 0.6) is 0 Å². The van der Waals surface area contributed by atoms with E-state index in [9.17, 15) is 4.79 Å². The number of rotatable bonds is 2. The number of amides is 1. The Kier molecular flexibility index (Phi) is 4.15. The number of carbonyl (C=O) groups excluding carboxylic acids is 1. The number of hydrogen-bond donors (Lipinski definition) is 1. The zero-order valence-electron chi connectivity index (χ0n) is 15.4. The zero-order chi connectivity index (χ0) is 18.2. The number of fused-ring (bicyclic) bond motifs is 3. The van der Waals surface area contributed by atoms with E-state index in [1.807, 2.05) is 6.07 Å². The van der Waals surface area contributed by atoms with Gasteiger partial charge in [-0.1, -0.05) is 18.2 Å². The van der Waals surface area contributed by atoms with Crippen LogP contribution in [0, 0.1) is 0 Å². The molecule has 1 aliphatic carbocycles. The fraction of sp³-hybridized carbons (Fsp3) is 0.409. The predicted octanol–water partition coefficient (Wildman–Crippen LogP) is 3.78. The molecule has 0 radical (unpaired) electrons. The quantitative estimate of drug-likeness (QED) is 0.756. The van der Waals surface area contributed by atoms with Crippen molar-refractivity contribution in [2.75, 3.05) is 13.1 Å². The first-order valence-electron chi connectivity index (χ1n) is 9.95. The maximum atomic E-state index is 13.4.